The van der Waals surface area contributed by atoms with E-state index in [9.17, 15) is 4.79 Å². The number of ketones is 1. The van der Waals surface area contributed by atoms with Crippen LogP contribution in [0, 0.1) is 0 Å². The maximum absolute atomic E-state index is 12.9. The molecule has 0 aliphatic heterocycles. The second kappa shape index (κ2) is 10.3. The van der Waals surface area contributed by atoms with Crippen molar-refractivity contribution in [1.82, 2.24) is 4.98 Å². The van der Waals surface area contributed by atoms with Gasteiger partial charge in [-0.05, 0) is 42.0 Å². The first kappa shape index (κ1) is 22.7. The van der Waals surface area contributed by atoms with Gasteiger partial charge < -0.3 is 23.7 Å². The smallest absolute Gasteiger partial charge is 0.203 e. The zero-order valence-corrected chi connectivity index (χ0v) is 18.7. The van der Waals surface area contributed by atoms with Crippen molar-refractivity contribution in [3.8, 4) is 39.9 Å². The number of hydrogen-bond acceptors (Lipinski definition) is 7. The van der Waals surface area contributed by atoms with Gasteiger partial charge >= 0.3 is 0 Å². The third-order valence-corrected chi connectivity index (χ3v) is 4.85. The number of aromatic nitrogens is 1. The molecule has 7 heteroatoms. The Morgan fingerprint density at radius 1 is 0.812 bits per heavy atom. The van der Waals surface area contributed by atoms with Crippen LogP contribution >= 0.6 is 0 Å². The van der Waals surface area contributed by atoms with Gasteiger partial charge in [0.25, 0.3) is 0 Å². The monoisotopic (exact) mass is 435 g/mol. The van der Waals surface area contributed by atoms with E-state index < -0.39 is 0 Å². The maximum atomic E-state index is 12.9. The second-order valence-electron chi connectivity index (χ2n) is 6.66. The molecule has 0 bridgehead atoms. The fourth-order valence-corrected chi connectivity index (χ4v) is 3.31. The van der Waals surface area contributed by atoms with Crippen molar-refractivity contribution in [2.75, 3.05) is 35.5 Å². The summed E-state index contributed by atoms with van der Waals surface area (Å²) in [5.41, 5.74) is 2.85. The third kappa shape index (κ3) is 4.67. The van der Waals surface area contributed by atoms with E-state index in [1.807, 2.05) is 18.2 Å². The predicted molar refractivity (Wildman–Crippen MR) is 122 cm³/mol. The molecular weight excluding hydrogens is 410 g/mol. The SMILES string of the molecule is COc1cc(C(=O)C=Cc2cc(OC)c(OC)c(-c3cccnc3)c2)cc(OC)c1OC. The average molecular weight is 435 g/mol. The van der Waals surface area contributed by atoms with Gasteiger partial charge in [0.1, 0.15) is 0 Å². The quantitative estimate of drug-likeness (QED) is 0.357. The number of carbonyl (C=O) groups excluding carboxylic acids is 1. The Labute approximate surface area is 187 Å². The average Bonchev–Trinajstić information content (AvgIpc) is 2.85. The topological polar surface area (TPSA) is 76.1 Å². The van der Waals surface area contributed by atoms with Crippen molar-refractivity contribution in [2.24, 2.45) is 0 Å². The zero-order chi connectivity index (χ0) is 23.1. The van der Waals surface area contributed by atoms with Gasteiger partial charge in [-0.1, -0.05) is 12.1 Å². The lowest BCUT2D eigenvalue weighted by Gasteiger charge is -2.14. The van der Waals surface area contributed by atoms with E-state index in [2.05, 4.69) is 4.98 Å². The van der Waals surface area contributed by atoms with E-state index in [-0.39, 0.29) is 5.78 Å². The first-order valence-corrected chi connectivity index (χ1v) is 9.75. The number of rotatable bonds is 9. The van der Waals surface area contributed by atoms with Crippen LogP contribution in [0.3, 0.4) is 0 Å². The summed E-state index contributed by atoms with van der Waals surface area (Å²) in [5.74, 6) is 2.17. The molecule has 1 heterocycles. The highest BCUT2D eigenvalue weighted by Gasteiger charge is 2.17. The molecule has 0 saturated heterocycles. The normalized spacial score (nSPS) is 10.7. The van der Waals surface area contributed by atoms with Gasteiger partial charge in [-0.15, -0.1) is 0 Å². The summed E-state index contributed by atoms with van der Waals surface area (Å²) in [6.07, 6.45) is 6.64. The number of carbonyl (C=O) groups is 1. The van der Waals surface area contributed by atoms with Crippen LogP contribution < -0.4 is 23.7 Å². The van der Waals surface area contributed by atoms with Crippen LogP contribution in [-0.4, -0.2) is 46.3 Å². The second-order valence-corrected chi connectivity index (χ2v) is 6.66. The van der Waals surface area contributed by atoms with Gasteiger partial charge in [0, 0.05) is 29.1 Å². The van der Waals surface area contributed by atoms with E-state index in [0.717, 1.165) is 16.7 Å². The Morgan fingerprint density at radius 3 is 1.97 bits per heavy atom. The fourth-order valence-electron chi connectivity index (χ4n) is 3.31. The van der Waals surface area contributed by atoms with Crippen molar-refractivity contribution in [1.29, 1.82) is 0 Å². The Balaban J connectivity index is 2.00. The standard InChI is InChI=1S/C25H25NO6/c1-28-21-12-16(11-19(24(21)31-4)17-7-6-10-26-15-17)8-9-20(27)18-13-22(29-2)25(32-5)23(14-18)30-3/h6-15H,1-5H3. The fraction of sp³-hybridized carbons (Fsp3) is 0.200. The van der Waals surface area contributed by atoms with Crippen molar-refractivity contribution >= 4 is 11.9 Å². The van der Waals surface area contributed by atoms with Crippen LogP contribution in [0.25, 0.3) is 17.2 Å². The number of hydrogen-bond donors (Lipinski definition) is 0. The van der Waals surface area contributed by atoms with Gasteiger partial charge in [-0.3, -0.25) is 9.78 Å². The van der Waals surface area contributed by atoms with Crippen LogP contribution in [0.2, 0.25) is 0 Å². The van der Waals surface area contributed by atoms with Crippen LogP contribution in [-0.2, 0) is 0 Å². The Bertz CT molecular complexity index is 1100. The van der Waals surface area contributed by atoms with Crippen LogP contribution in [0.4, 0.5) is 0 Å². The minimum atomic E-state index is -0.220. The maximum Gasteiger partial charge on any atom is 0.203 e. The van der Waals surface area contributed by atoms with Gasteiger partial charge in [0.15, 0.2) is 28.8 Å². The zero-order valence-electron chi connectivity index (χ0n) is 18.7. The molecule has 0 unspecified atom stereocenters. The molecule has 0 aliphatic carbocycles. The summed E-state index contributed by atoms with van der Waals surface area (Å²) in [7, 11) is 7.68. The number of methoxy groups -OCH3 is 5. The van der Waals surface area contributed by atoms with Gasteiger partial charge in [0.2, 0.25) is 5.75 Å². The minimum Gasteiger partial charge on any atom is -0.493 e. The summed E-state index contributed by atoms with van der Waals surface area (Å²) in [5, 5.41) is 0. The molecular formula is C25H25NO6. The number of pyridine rings is 1. The highest BCUT2D eigenvalue weighted by Crippen LogP contribution is 2.40. The summed E-state index contributed by atoms with van der Waals surface area (Å²) >= 11 is 0. The van der Waals surface area contributed by atoms with E-state index in [1.165, 1.54) is 27.4 Å². The molecule has 3 aromatic rings. The minimum absolute atomic E-state index is 0.220. The molecule has 7 nitrogen and oxygen atoms in total. The number of ether oxygens (including phenoxy) is 5. The van der Waals surface area contributed by atoms with E-state index in [4.69, 9.17) is 23.7 Å². The highest BCUT2D eigenvalue weighted by atomic mass is 16.5. The third-order valence-electron chi connectivity index (χ3n) is 4.85. The van der Waals surface area contributed by atoms with Gasteiger partial charge in [-0.25, -0.2) is 0 Å². The van der Waals surface area contributed by atoms with E-state index >= 15 is 0 Å². The van der Waals surface area contributed by atoms with Gasteiger partial charge in [-0.2, -0.15) is 0 Å². The first-order valence-electron chi connectivity index (χ1n) is 9.75. The lowest BCUT2D eigenvalue weighted by Crippen LogP contribution is -2.00. The van der Waals surface area contributed by atoms with Crippen molar-refractivity contribution in [3.63, 3.8) is 0 Å². The summed E-state index contributed by atoms with van der Waals surface area (Å²) in [6.45, 7) is 0. The lowest BCUT2D eigenvalue weighted by atomic mass is 10.0. The summed E-state index contributed by atoms with van der Waals surface area (Å²) in [6, 6.07) is 10.7. The molecule has 32 heavy (non-hydrogen) atoms. The largest absolute Gasteiger partial charge is 0.493 e. The molecule has 0 amide bonds. The number of nitrogens with zero attached hydrogens (tertiary/aromatic N) is 1. The Kier molecular flexibility index (Phi) is 7.33. The molecule has 2 aromatic carbocycles. The first-order chi connectivity index (χ1) is 15.6. The van der Waals surface area contributed by atoms with Crippen LogP contribution in [0.1, 0.15) is 15.9 Å². The molecule has 1 aromatic heterocycles. The van der Waals surface area contributed by atoms with E-state index in [1.54, 1.807) is 50.9 Å². The molecule has 0 atom stereocenters. The molecule has 3 rings (SSSR count). The van der Waals surface area contributed by atoms with Crippen LogP contribution in [0.5, 0.6) is 28.7 Å². The molecule has 0 saturated carbocycles. The molecule has 0 radical (unpaired) electrons. The highest BCUT2D eigenvalue weighted by molar-refractivity contribution is 6.07. The van der Waals surface area contributed by atoms with Gasteiger partial charge in [0.05, 0.1) is 35.5 Å². The molecule has 0 aliphatic rings. The Hall–Kier alpha value is -4.00. The molecule has 166 valence electrons. The summed E-state index contributed by atoms with van der Waals surface area (Å²) in [4.78, 5) is 17.1. The molecule has 0 N–H and O–H groups in total. The number of allylic oxidation sites excluding steroid dienone is 1. The van der Waals surface area contributed by atoms with Crippen molar-refractivity contribution in [2.45, 2.75) is 0 Å². The summed E-state index contributed by atoms with van der Waals surface area (Å²) < 4.78 is 27.1. The van der Waals surface area contributed by atoms with E-state index in [0.29, 0.717) is 34.3 Å². The predicted octanol–water partition coefficient (Wildman–Crippen LogP) is 4.69. The Morgan fingerprint density at radius 2 is 1.44 bits per heavy atom. The van der Waals surface area contributed by atoms with Crippen molar-refractivity contribution < 1.29 is 28.5 Å². The van der Waals surface area contributed by atoms with Crippen LogP contribution in [0.15, 0.2) is 54.9 Å². The van der Waals surface area contributed by atoms with Crippen molar-refractivity contribution in [3.05, 3.63) is 66.0 Å². The number of benzene rings is 2. The molecule has 0 fully saturated rings. The lowest BCUT2D eigenvalue weighted by molar-refractivity contribution is 0.104. The molecule has 0 spiro atoms.